The molecule has 150 valence electrons. The number of rotatable bonds is 6. The van der Waals surface area contributed by atoms with Crippen LogP contribution in [0.3, 0.4) is 0 Å². The second kappa shape index (κ2) is 8.32. The fourth-order valence-corrected chi connectivity index (χ4v) is 5.80. The smallest absolute Gasteiger partial charge is 0.223 e. The highest BCUT2D eigenvalue weighted by molar-refractivity contribution is 5.78. The van der Waals surface area contributed by atoms with E-state index in [1.807, 2.05) is 18.0 Å². The van der Waals surface area contributed by atoms with Crippen LogP contribution >= 0.6 is 0 Å². The Hall–Kier alpha value is -1.39. The van der Waals surface area contributed by atoms with Gasteiger partial charge in [0.25, 0.3) is 0 Å². The Morgan fingerprint density at radius 2 is 1.93 bits per heavy atom. The van der Waals surface area contributed by atoms with Gasteiger partial charge in [-0.1, -0.05) is 44.2 Å². The van der Waals surface area contributed by atoms with Gasteiger partial charge in [-0.15, -0.1) is 0 Å². The third kappa shape index (κ3) is 3.79. The summed E-state index contributed by atoms with van der Waals surface area (Å²) in [5.41, 5.74) is 1.14. The van der Waals surface area contributed by atoms with Gasteiger partial charge in [-0.2, -0.15) is 0 Å². The van der Waals surface area contributed by atoms with Gasteiger partial charge in [0, 0.05) is 32.5 Å². The lowest BCUT2D eigenvalue weighted by Crippen LogP contribution is -2.55. The average molecular weight is 374 g/mol. The van der Waals surface area contributed by atoms with Gasteiger partial charge in [-0.25, -0.2) is 0 Å². The van der Waals surface area contributed by atoms with Gasteiger partial charge in [0.2, 0.25) is 5.91 Å². The van der Waals surface area contributed by atoms with Crippen LogP contribution in [-0.4, -0.2) is 49.3 Å². The third-order valence-corrected chi connectivity index (χ3v) is 7.39. The van der Waals surface area contributed by atoms with E-state index < -0.39 is 0 Å². The van der Waals surface area contributed by atoms with Crippen LogP contribution in [0.1, 0.15) is 45.1 Å². The molecule has 0 radical (unpaired) electrons. The van der Waals surface area contributed by atoms with Crippen molar-refractivity contribution in [3.63, 3.8) is 0 Å². The van der Waals surface area contributed by atoms with Gasteiger partial charge < -0.3 is 14.7 Å². The number of fused-ring (bicyclic) bond motifs is 2. The topological polar surface area (TPSA) is 49.8 Å². The zero-order valence-corrected chi connectivity index (χ0v) is 17.2. The predicted octanol–water partition coefficient (Wildman–Crippen LogP) is 3.48. The summed E-state index contributed by atoms with van der Waals surface area (Å²) in [6, 6.07) is 10.6. The lowest BCUT2D eigenvalue weighted by atomic mass is 9.48. The Labute approximate surface area is 163 Å². The Bertz CT molecular complexity index is 630. The van der Waals surface area contributed by atoms with E-state index in [9.17, 15) is 9.90 Å². The molecule has 6 unspecified atom stereocenters. The van der Waals surface area contributed by atoms with Gasteiger partial charge in [0.15, 0.2) is 0 Å². The molecule has 4 nitrogen and oxygen atoms in total. The number of carbonyl (C=O) groups is 1. The van der Waals surface area contributed by atoms with Crippen molar-refractivity contribution in [2.24, 2.45) is 23.7 Å². The number of likely N-dealkylation sites (N-methyl/N-ethyl adjacent to an activating group) is 1. The van der Waals surface area contributed by atoms with Gasteiger partial charge >= 0.3 is 0 Å². The molecule has 2 bridgehead atoms. The molecular formula is C23H35NO3. The highest BCUT2D eigenvalue weighted by Crippen LogP contribution is 2.57. The van der Waals surface area contributed by atoms with E-state index in [2.05, 4.69) is 38.1 Å². The predicted molar refractivity (Wildman–Crippen MR) is 107 cm³/mol. The average Bonchev–Trinajstić information content (AvgIpc) is 2.67. The molecule has 1 amide bonds. The molecule has 0 saturated heterocycles. The second-order valence-electron chi connectivity index (χ2n) is 8.92. The van der Waals surface area contributed by atoms with E-state index in [4.69, 9.17) is 4.74 Å². The van der Waals surface area contributed by atoms with E-state index in [-0.39, 0.29) is 17.4 Å². The molecule has 0 aliphatic heterocycles. The maximum atomic E-state index is 13.2. The molecule has 27 heavy (non-hydrogen) atoms. The van der Waals surface area contributed by atoms with Crippen molar-refractivity contribution in [3.8, 4) is 0 Å². The van der Waals surface area contributed by atoms with Crippen LogP contribution in [0.2, 0.25) is 0 Å². The Morgan fingerprint density at radius 3 is 2.59 bits per heavy atom. The number of ether oxygens (including phenoxy) is 1. The lowest BCUT2D eigenvalue weighted by molar-refractivity contribution is -0.136. The summed E-state index contributed by atoms with van der Waals surface area (Å²) in [5.74, 6) is 1.66. The van der Waals surface area contributed by atoms with Crippen molar-refractivity contribution >= 4 is 5.91 Å². The summed E-state index contributed by atoms with van der Waals surface area (Å²) < 4.78 is 5.15. The van der Waals surface area contributed by atoms with Crippen LogP contribution in [0.5, 0.6) is 0 Å². The minimum absolute atomic E-state index is 0.148. The summed E-state index contributed by atoms with van der Waals surface area (Å²) in [6.45, 7) is 5.64. The fraction of sp³-hybridized carbons (Fsp3) is 0.696. The zero-order valence-electron chi connectivity index (χ0n) is 17.2. The van der Waals surface area contributed by atoms with E-state index >= 15 is 0 Å². The number of aliphatic hydroxyl groups excluding tert-OH is 1. The first-order valence-corrected chi connectivity index (χ1v) is 10.4. The summed E-state index contributed by atoms with van der Waals surface area (Å²) in [4.78, 5) is 15.0. The highest BCUT2D eigenvalue weighted by Gasteiger charge is 2.54. The summed E-state index contributed by atoms with van der Waals surface area (Å²) in [5, 5.41) is 10.6. The molecule has 0 aromatic heterocycles. The number of aliphatic hydroxyl groups is 1. The quantitative estimate of drug-likeness (QED) is 0.830. The fourth-order valence-electron chi connectivity index (χ4n) is 5.80. The summed E-state index contributed by atoms with van der Waals surface area (Å²) in [6.07, 6.45) is 3.36. The maximum absolute atomic E-state index is 13.2. The molecule has 2 aliphatic rings. The molecule has 4 heteroatoms. The minimum atomic E-state index is -0.197. The van der Waals surface area contributed by atoms with Gasteiger partial charge in [-0.05, 0) is 48.5 Å². The van der Waals surface area contributed by atoms with E-state index in [1.54, 1.807) is 7.11 Å². The van der Waals surface area contributed by atoms with Crippen molar-refractivity contribution < 1.29 is 14.6 Å². The van der Waals surface area contributed by atoms with Crippen LogP contribution in [0, 0.1) is 23.7 Å². The molecule has 2 fully saturated rings. The first-order chi connectivity index (χ1) is 12.9. The third-order valence-electron chi connectivity index (χ3n) is 7.39. The van der Waals surface area contributed by atoms with Crippen molar-refractivity contribution in [1.82, 2.24) is 4.90 Å². The van der Waals surface area contributed by atoms with E-state index in [0.29, 0.717) is 43.2 Å². The number of hydrogen-bond donors (Lipinski definition) is 1. The monoisotopic (exact) mass is 373 g/mol. The van der Waals surface area contributed by atoms with Crippen molar-refractivity contribution in [2.45, 2.75) is 51.0 Å². The number of amides is 1. The maximum Gasteiger partial charge on any atom is 0.223 e. The summed E-state index contributed by atoms with van der Waals surface area (Å²) >= 11 is 0. The Balaban J connectivity index is 1.95. The van der Waals surface area contributed by atoms with Crippen LogP contribution < -0.4 is 0 Å². The van der Waals surface area contributed by atoms with Crippen molar-refractivity contribution in [3.05, 3.63) is 35.9 Å². The number of methoxy groups -OCH3 is 1. The largest absolute Gasteiger partial charge is 0.393 e. The molecule has 0 heterocycles. The molecule has 2 aliphatic carbocycles. The Morgan fingerprint density at radius 1 is 1.22 bits per heavy atom. The number of hydrogen-bond acceptors (Lipinski definition) is 3. The summed E-state index contributed by atoms with van der Waals surface area (Å²) in [7, 11) is 3.55. The molecule has 0 spiro atoms. The molecule has 6 atom stereocenters. The van der Waals surface area contributed by atoms with Gasteiger partial charge in [0.05, 0.1) is 12.7 Å². The number of carbonyl (C=O) groups excluding carboxylic acids is 1. The molecule has 1 aromatic rings. The second-order valence-corrected chi connectivity index (χ2v) is 8.92. The SMILES string of the molecule is COCCN(C)C(=O)CC1(c2ccccc2)C(C)CC2CC1CC(C)C2O. The minimum Gasteiger partial charge on any atom is -0.393 e. The van der Waals surface area contributed by atoms with Crippen molar-refractivity contribution in [1.29, 1.82) is 0 Å². The highest BCUT2D eigenvalue weighted by atomic mass is 16.5. The van der Waals surface area contributed by atoms with Crippen LogP contribution in [-0.2, 0) is 14.9 Å². The molecule has 1 aromatic carbocycles. The van der Waals surface area contributed by atoms with Crippen LogP contribution in [0.25, 0.3) is 0 Å². The Kier molecular flexibility index (Phi) is 6.27. The molecule has 2 saturated carbocycles. The van der Waals surface area contributed by atoms with Gasteiger partial charge in [-0.3, -0.25) is 4.79 Å². The first kappa shape index (κ1) is 20.3. The standard InChI is InChI=1S/C23H35NO3/c1-16-12-20-14-18(22(16)26)13-17(2)23(20,19-8-6-5-7-9-19)15-21(25)24(3)10-11-27-4/h5-9,16-18,20,22,26H,10-15H2,1-4H3. The molecule has 3 rings (SSSR count). The molecule has 1 N–H and O–H groups in total. The van der Waals surface area contributed by atoms with Crippen molar-refractivity contribution in [2.75, 3.05) is 27.3 Å². The van der Waals surface area contributed by atoms with Crippen LogP contribution in [0.4, 0.5) is 0 Å². The number of benzene rings is 1. The van der Waals surface area contributed by atoms with E-state index in [1.165, 1.54) is 5.56 Å². The lowest BCUT2D eigenvalue weighted by Gasteiger charge is -2.56. The zero-order chi connectivity index (χ0) is 19.6. The number of nitrogens with zero attached hydrogens (tertiary/aromatic N) is 1. The first-order valence-electron chi connectivity index (χ1n) is 10.4. The van der Waals surface area contributed by atoms with E-state index in [0.717, 1.165) is 19.3 Å². The van der Waals surface area contributed by atoms with Crippen LogP contribution in [0.15, 0.2) is 30.3 Å². The van der Waals surface area contributed by atoms with Gasteiger partial charge in [0.1, 0.15) is 0 Å². The normalized spacial score (nSPS) is 35.7. The molecular weight excluding hydrogens is 338 g/mol.